The van der Waals surface area contributed by atoms with E-state index < -0.39 is 5.60 Å². The highest BCUT2D eigenvalue weighted by molar-refractivity contribution is 5.67. The molecule has 0 fully saturated rings. The van der Waals surface area contributed by atoms with Gasteiger partial charge in [-0.25, -0.2) is 0 Å². The van der Waals surface area contributed by atoms with Crippen molar-refractivity contribution in [1.29, 1.82) is 0 Å². The van der Waals surface area contributed by atoms with Crippen LogP contribution >= 0.6 is 0 Å². The summed E-state index contributed by atoms with van der Waals surface area (Å²) in [6, 6.07) is 0. The molecule has 0 aromatic rings. The van der Waals surface area contributed by atoms with E-state index in [2.05, 4.69) is 39.5 Å². The second-order valence-electron chi connectivity index (χ2n) is 5.77. The van der Waals surface area contributed by atoms with Gasteiger partial charge in [0.1, 0.15) is 5.60 Å². The zero-order chi connectivity index (χ0) is 14.5. The number of allylic oxidation sites excluding steroid dienone is 3. The summed E-state index contributed by atoms with van der Waals surface area (Å²) in [7, 11) is 0. The number of esters is 1. The molecule has 0 radical (unpaired) electrons. The van der Waals surface area contributed by atoms with Crippen molar-refractivity contribution in [1.82, 2.24) is 0 Å². The molecular formula is C17H26O2. The zero-order valence-corrected chi connectivity index (χ0v) is 12.7. The van der Waals surface area contributed by atoms with Gasteiger partial charge in [0.05, 0.1) is 0 Å². The van der Waals surface area contributed by atoms with E-state index in [1.165, 1.54) is 18.1 Å². The summed E-state index contributed by atoms with van der Waals surface area (Å²) in [5.41, 5.74) is 3.26. The highest BCUT2D eigenvalue weighted by atomic mass is 16.6. The van der Waals surface area contributed by atoms with Gasteiger partial charge in [0.2, 0.25) is 0 Å². The van der Waals surface area contributed by atoms with Gasteiger partial charge in [-0.15, -0.1) is 0 Å². The van der Waals surface area contributed by atoms with E-state index in [0.29, 0.717) is 0 Å². The Morgan fingerprint density at radius 3 is 2.63 bits per heavy atom. The standard InChI is InChI=1S/C17H26O2/c1-13(2)7-6-8-15(4)17(19-16(5)18)11-9-14(3)10-12-17/h7,9H,4,6,8,10-12H2,1-3,5H3/t17-/m1/s1. The van der Waals surface area contributed by atoms with Crippen LogP contribution in [0.4, 0.5) is 0 Å². The summed E-state index contributed by atoms with van der Waals surface area (Å²) in [4.78, 5) is 11.4. The van der Waals surface area contributed by atoms with E-state index in [1.54, 1.807) is 0 Å². The molecule has 0 saturated carbocycles. The van der Waals surface area contributed by atoms with Crippen LogP contribution < -0.4 is 0 Å². The lowest BCUT2D eigenvalue weighted by Gasteiger charge is -2.37. The molecule has 0 amide bonds. The maximum atomic E-state index is 11.4. The molecule has 2 heteroatoms. The molecule has 0 aromatic heterocycles. The summed E-state index contributed by atoms with van der Waals surface area (Å²) in [6.45, 7) is 12.0. The Morgan fingerprint density at radius 2 is 2.16 bits per heavy atom. The first kappa shape index (κ1) is 15.7. The van der Waals surface area contributed by atoms with Gasteiger partial charge >= 0.3 is 5.97 Å². The first-order chi connectivity index (χ1) is 8.85. The first-order valence-corrected chi connectivity index (χ1v) is 7.02. The van der Waals surface area contributed by atoms with Gasteiger partial charge in [0.25, 0.3) is 0 Å². The maximum absolute atomic E-state index is 11.4. The molecule has 2 nitrogen and oxygen atoms in total. The van der Waals surface area contributed by atoms with Crippen molar-refractivity contribution in [2.24, 2.45) is 0 Å². The Labute approximate surface area is 117 Å². The molecule has 0 bridgehead atoms. The molecule has 0 N–H and O–H groups in total. The van der Waals surface area contributed by atoms with Crippen molar-refractivity contribution in [3.05, 3.63) is 35.5 Å². The van der Waals surface area contributed by atoms with E-state index >= 15 is 0 Å². The van der Waals surface area contributed by atoms with Gasteiger partial charge in [-0.05, 0) is 52.0 Å². The lowest BCUT2D eigenvalue weighted by Crippen LogP contribution is -2.37. The highest BCUT2D eigenvalue weighted by Crippen LogP contribution is 2.38. The second kappa shape index (κ2) is 6.74. The van der Waals surface area contributed by atoms with Gasteiger partial charge in [-0.3, -0.25) is 4.79 Å². The normalized spacial score (nSPS) is 22.4. The number of carbonyl (C=O) groups is 1. The van der Waals surface area contributed by atoms with E-state index in [0.717, 1.165) is 37.7 Å². The van der Waals surface area contributed by atoms with Crippen LogP contribution in [0.5, 0.6) is 0 Å². The second-order valence-corrected chi connectivity index (χ2v) is 5.77. The molecule has 1 aliphatic rings. The fourth-order valence-corrected chi connectivity index (χ4v) is 2.47. The van der Waals surface area contributed by atoms with Gasteiger partial charge in [0, 0.05) is 13.3 Å². The lowest BCUT2D eigenvalue weighted by molar-refractivity contribution is -0.154. The van der Waals surface area contributed by atoms with Crippen LogP contribution in [0.15, 0.2) is 35.5 Å². The molecule has 0 unspecified atom stereocenters. The fraction of sp³-hybridized carbons (Fsp3) is 0.588. The third kappa shape index (κ3) is 4.70. The molecule has 0 saturated heterocycles. The minimum Gasteiger partial charge on any atom is -0.454 e. The summed E-state index contributed by atoms with van der Waals surface area (Å²) in [5.74, 6) is -0.212. The average Bonchev–Trinajstić information content (AvgIpc) is 2.31. The summed E-state index contributed by atoms with van der Waals surface area (Å²) < 4.78 is 5.64. The molecule has 0 heterocycles. The molecular weight excluding hydrogens is 236 g/mol. The first-order valence-electron chi connectivity index (χ1n) is 7.02. The van der Waals surface area contributed by atoms with Crippen LogP contribution in [0.2, 0.25) is 0 Å². The van der Waals surface area contributed by atoms with Crippen molar-refractivity contribution in [2.75, 3.05) is 0 Å². The third-order valence-electron chi connectivity index (χ3n) is 3.69. The van der Waals surface area contributed by atoms with Crippen LogP contribution in [0.1, 0.15) is 59.8 Å². The molecule has 1 aliphatic carbocycles. The van der Waals surface area contributed by atoms with E-state index in [4.69, 9.17) is 4.74 Å². The number of hydrogen-bond donors (Lipinski definition) is 0. The van der Waals surface area contributed by atoms with Gasteiger partial charge < -0.3 is 4.74 Å². The van der Waals surface area contributed by atoms with Crippen LogP contribution in [0.3, 0.4) is 0 Å². The number of ether oxygens (including phenoxy) is 1. The van der Waals surface area contributed by atoms with Crippen molar-refractivity contribution < 1.29 is 9.53 Å². The SMILES string of the molecule is C=C(CCC=C(C)C)[C@@]1(OC(C)=O)CC=C(C)CC1. The van der Waals surface area contributed by atoms with Gasteiger partial charge in [-0.1, -0.05) is 29.9 Å². The van der Waals surface area contributed by atoms with Gasteiger partial charge in [0.15, 0.2) is 0 Å². The summed E-state index contributed by atoms with van der Waals surface area (Å²) in [6.07, 6.45) is 8.84. The van der Waals surface area contributed by atoms with Crippen LogP contribution in [0, 0.1) is 0 Å². The average molecular weight is 262 g/mol. The number of hydrogen-bond acceptors (Lipinski definition) is 2. The Balaban J connectivity index is 2.77. The van der Waals surface area contributed by atoms with Crippen molar-refractivity contribution >= 4 is 5.97 Å². The van der Waals surface area contributed by atoms with Crippen LogP contribution in [0.25, 0.3) is 0 Å². The molecule has 19 heavy (non-hydrogen) atoms. The quantitative estimate of drug-likeness (QED) is 0.529. The highest BCUT2D eigenvalue weighted by Gasteiger charge is 2.36. The topological polar surface area (TPSA) is 26.3 Å². The minimum atomic E-state index is -0.471. The van der Waals surface area contributed by atoms with E-state index in [-0.39, 0.29) is 5.97 Å². The predicted molar refractivity (Wildman–Crippen MR) is 79.9 cm³/mol. The molecule has 0 spiro atoms. The summed E-state index contributed by atoms with van der Waals surface area (Å²) >= 11 is 0. The number of carbonyl (C=O) groups excluding carboxylic acids is 1. The fourth-order valence-electron chi connectivity index (χ4n) is 2.47. The Kier molecular flexibility index (Phi) is 5.59. The molecule has 0 aliphatic heterocycles. The minimum absolute atomic E-state index is 0.212. The van der Waals surface area contributed by atoms with Crippen molar-refractivity contribution in [3.63, 3.8) is 0 Å². The Hall–Kier alpha value is -1.31. The van der Waals surface area contributed by atoms with Crippen LogP contribution in [-0.2, 0) is 9.53 Å². The monoisotopic (exact) mass is 262 g/mol. The maximum Gasteiger partial charge on any atom is 0.303 e. The third-order valence-corrected chi connectivity index (χ3v) is 3.69. The lowest BCUT2D eigenvalue weighted by atomic mass is 9.79. The van der Waals surface area contributed by atoms with E-state index in [9.17, 15) is 4.79 Å². The largest absolute Gasteiger partial charge is 0.454 e. The molecule has 1 rings (SSSR count). The molecule has 1 atom stereocenters. The zero-order valence-electron chi connectivity index (χ0n) is 12.7. The Bertz CT molecular complexity index is 411. The van der Waals surface area contributed by atoms with Crippen molar-refractivity contribution in [3.8, 4) is 0 Å². The number of rotatable bonds is 5. The molecule has 106 valence electrons. The summed E-state index contributed by atoms with van der Waals surface area (Å²) in [5, 5.41) is 0. The Morgan fingerprint density at radius 1 is 1.47 bits per heavy atom. The predicted octanol–water partition coefficient (Wildman–Crippen LogP) is 4.72. The van der Waals surface area contributed by atoms with Gasteiger partial charge in [-0.2, -0.15) is 0 Å². The van der Waals surface area contributed by atoms with E-state index in [1.807, 2.05) is 0 Å². The van der Waals surface area contributed by atoms with Crippen molar-refractivity contribution in [2.45, 2.75) is 65.4 Å². The van der Waals surface area contributed by atoms with Crippen LogP contribution in [-0.4, -0.2) is 11.6 Å². The molecule has 0 aromatic carbocycles. The smallest absolute Gasteiger partial charge is 0.303 e.